The highest BCUT2D eigenvalue weighted by Gasteiger charge is 2.21. The Morgan fingerprint density at radius 1 is 0.395 bits per heavy atom. The Morgan fingerprint density at radius 2 is 0.671 bits per heavy atom. The third kappa shape index (κ3) is 11.9. The molecule has 12 aromatic rings. The van der Waals surface area contributed by atoms with Crippen LogP contribution < -0.4 is 18.3 Å². The van der Waals surface area contributed by atoms with Gasteiger partial charge in [-0.15, -0.1) is 45.3 Å². The highest BCUT2D eigenvalue weighted by Crippen LogP contribution is 2.32. The molecule has 384 valence electrons. The number of fused-ring (bicyclic) bond motifs is 4. The number of pyridine rings is 4. The van der Waals surface area contributed by atoms with E-state index in [1.165, 1.54) is 87.8 Å². The minimum atomic E-state index is -2.41. The highest BCUT2D eigenvalue weighted by atomic mass is 32.1. The van der Waals surface area contributed by atoms with Crippen molar-refractivity contribution in [2.45, 2.75) is 81.0 Å². The maximum atomic E-state index is 8.24. The van der Waals surface area contributed by atoms with Crippen LogP contribution in [-0.4, -0.2) is 19.9 Å². The van der Waals surface area contributed by atoms with Crippen molar-refractivity contribution in [3.63, 3.8) is 0 Å². The van der Waals surface area contributed by atoms with Gasteiger partial charge in [0.2, 0.25) is 22.8 Å². The summed E-state index contributed by atoms with van der Waals surface area (Å²) in [7, 11) is 8.26. The van der Waals surface area contributed by atoms with E-state index in [0.29, 0.717) is 10.9 Å². The SMILES string of the molecule is Cc1ccccc1-c1cc2nc(C(C)C)sc2c[n+]1C.Cc1nc2cc(-c3ccccc3C)[n+](C)cc2s1.Cc1nc2cc(-c3ccccc3C)[n+](C)cc2s1.[2H]C([2H])([2H])C([2H])(C)c1nc2cc(-c3ccccc3C)[n+](C)cc2s1. The summed E-state index contributed by atoms with van der Waals surface area (Å²) in [5, 5.41) is 3.76. The predicted molar refractivity (Wildman–Crippen MR) is 322 cm³/mol. The zero-order valence-corrected chi connectivity index (χ0v) is 48.9. The van der Waals surface area contributed by atoms with Crippen LogP contribution in [0.1, 0.15) is 87.2 Å². The summed E-state index contributed by atoms with van der Waals surface area (Å²) in [6.07, 6.45) is 8.48. The van der Waals surface area contributed by atoms with Gasteiger partial charge in [-0.3, -0.25) is 0 Å². The molecule has 0 aliphatic heterocycles. The van der Waals surface area contributed by atoms with E-state index in [9.17, 15) is 0 Å². The fourth-order valence-corrected chi connectivity index (χ4v) is 12.9. The Labute approximate surface area is 469 Å². The first-order valence-corrected chi connectivity index (χ1v) is 28.6. The quantitative estimate of drug-likeness (QED) is 0.156. The van der Waals surface area contributed by atoms with E-state index < -0.39 is 12.7 Å². The normalized spacial score (nSPS) is 13.0. The van der Waals surface area contributed by atoms with Crippen molar-refractivity contribution in [1.82, 2.24) is 19.9 Å². The number of hydrogen-bond donors (Lipinski definition) is 0. The monoisotopic (exact) mass is 1080 g/mol. The molecule has 1 atom stereocenters. The van der Waals surface area contributed by atoms with Crippen LogP contribution in [0, 0.1) is 41.5 Å². The molecule has 0 bridgehead atoms. The van der Waals surface area contributed by atoms with Crippen LogP contribution in [0.3, 0.4) is 0 Å². The van der Waals surface area contributed by atoms with E-state index in [1.807, 2.05) is 36.0 Å². The molecule has 12 rings (SSSR count). The smallest absolute Gasteiger partial charge is 0.214 e. The van der Waals surface area contributed by atoms with Crippen LogP contribution in [0.5, 0.6) is 0 Å². The van der Waals surface area contributed by atoms with Gasteiger partial charge in [-0.05, 0) is 88.1 Å². The van der Waals surface area contributed by atoms with E-state index in [-0.39, 0.29) is 0 Å². The average Bonchev–Trinajstić information content (AvgIpc) is 4.32. The van der Waals surface area contributed by atoms with E-state index >= 15 is 0 Å². The van der Waals surface area contributed by atoms with Crippen molar-refractivity contribution >= 4 is 86.2 Å². The molecule has 0 N–H and O–H groups in total. The molecule has 4 aromatic carbocycles. The minimum Gasteiger partial charge on any atom is -0.241 e. The number of hydrogen-bond acceptors (Lipinski definition) is 8. The summed E-state index contributed by atoms with van der Waals surface area (Å²) in [5.41, 5.74) is 18.6. The van der Waals surface area contributed by atoms with Crippen LogP contribution in [0.2, 0.25) is 0 Å². The van der Waals surface area contributed by atoms with Crippen LogP contribution >= 0.6 is 45.3 Å². The van der Waals surface area contributed by atoms with E-state index in [4.69, 9.17) is 10.5 Å². The van der Waals surface area contributed by atoms with E-state index in [1.54, 1.807) is 34.0 Å². The molecule has 76 heavy (non-hydrogen) atoms. The van der Waals surface area contributed by atoms with Crippen LogP contribution in [0.15, 0.2) is 146 Å². The van der Waals surface area contributed by atoms with Gasteiger partial charge in [0, 0.05) is 63.8 Å². The Hall–Kier alpha value is -6.96. The van der Waals surface area contributed by atoms with Crippen molar-refractivity contribution in [2.24, 2.45) is 28.2 Å². The summed E-state index contributed by atoms with van der Waals surface area (Å²) < 4.78 is 44.2. The van der Waals surface area contributed by atoms with Gasteiger partial charge in [-0.25, -0.2) is 19.9 Å². The first kappa shape index (κ1) is 48.7. The molecule has 1 unspecified atom stereocenters. The van der Waals surface area contributed by atoms with Crippen molar-refractivity contribution in [3.05, 3.63) is 188 Å². The largest absolute Gasteiger partial charge is 0.241 e. The second-order valence-electron chi connectivity index (χ2n) is 19.7. The third-order valence-electron chi connectivity index (χ3n) is 13.3. The Balaban J connectivity index is 0.000000130. The number of aryl methyl sites for hydroxylation is 10. The van der Waals surface area contributed by atoms with Gasteiger partial charge < -0.3 is 0 Å². The lowest BCUT2D eigenvalue weighted by Gasteiger charge is -2.03. The van der Waals surface area contributed by atoms with E-state index in [2.05, 4.69) is 227 Å². The lowest BCUT2D eigenvalue weighted by molar-refractivity contribution is -0.659. The van der Waals surface area contributed by atoms with Gasteiger partial charge in [0.05, 0.1) is 42.1 Å². The molecule has 0 saturated carbocycles. The summed E-state index contributed by atoms with van der Waals surface area (Å²) in [5.74, 6) is -1.22. The van der Waals surface area contributed by atoms with Crippen LogP contribution in [0.25, 0.3) is 85.9 Å². The van der Waals surface area contributed by atoms with Crippen molar-refractivity contribution < 1.29 is 23.8 Å². The molecular weight excluding hydrogens is 1010 g/mol. The summed E-state index contributed by atoms with van der Waals surface area (Å²) in [4.78, 5) is 18.4. The van der Waals surface area contributed by atoms with Gasteiger partial charge in [-0.1, -0.05) is 100 Å². The molecule has 12 heteroatoms. The van der Waals surface area contributed by atoms with Crippen molar-refractivity contribution in [2.75, 3.05) is 0 Å². The highest BCUT2D eigenvalue weighted by molar-refractivity contribution is 7.19. The maximum absolute atomic E-state index is 8.24. The first-order chi connectivity index (χ1) is 38.0. The average molecular weight is 1080 g/mol. The molecule has 0 fully saturated rings. The van der Waals surface area contributed by atoms with Crippen molar-refractivity contribution in [1.29, 1.82) is 0 Å². The molecule has 0 spiro atoms. The zero-order valence-electron chi connectivity index (χ0n) is 49.6. The maximum Gasteiger partial charge on any atom is 0.214 e. The van der Waals surface area contributed by atoms with Crippen molar-refractivity contribution in [3.8, 4) is 45.0 Å². The van der Waals surface area contributed by atoms with E-state index in [0.717, 1.165) is 53.6 Å². The fourth-order valence-electron chi connectivity index (χ4n) is 9.23. The van der Waals surface area contributed by atoms with Crippen LogP contribution in [-0.2, 0) is 28.2 Å². The van der Waals surface area contributed by atoms with Gasteiger partial charge in [-0.2, -0.15) is 18.3 Å². The number of rotatable bonds is 6. The Bertz CT molecular complexity index is 4100. The number of nitrogens with zero attached hydrogens (tertiary/aromatic N) is 8. The Kier molecular flexibility index (Phi) is 14.8. The molecule has 0 aliphatic carbocycles. The molecule has 0 amide bonds. The third-order valence-corrected chi connectivity index (χ3v) is 17.6. The Morgan fingerprint density at radius 3 is 0.974 bits per heavy atom. The van der Waals surface area contributed by atoms with Crippen LogP contribution in [0.4, 0.5) is 0 Å². The second kappa shape index (κ2) is 23.1. The van der Waals surface area contributed by atoms with Gasteiger partial charge in [0.1, 0.15) is 47.0 Å². The molecule has 0 aliphatic rings. The summed E-state index contributed by atoms with van der Waals surface area (Å²) >= 11 is 6.55. The topological polar surface area (TPSA) is 67.1 Å². The lowest BCUT2D eigenvalue weighted by Crippen LogP contribution is -2.30. The number of benzene rings is 4. The predicted octanol–water partition coefficient (Wildman–Crippen LogP) is 15.2. The lowest BCUT2D eigenvalue weighted by atomic mass is 10.0. The molecule has 8 nitrogen and oxygen atoms in total. The van der Waals surface area contributed by atoms with Gasteiger partial charge in [0.15, 0.2) is 24.8 Å². The van der Waals surface area contributed by atoms with Gasteiger partial charge >= 0.3 is 0 Å². The van der Waals surface area contributed by atoms with Gasteiger partial charge in [0.25, 0.3) is 0 Å². The second-order valence-corrected chi connectivity index (χ2v) is 24.2. The number of thiazole rings is 4. The minimum absolute atomic E-state index is 0.319. The number of aromatic nitrogens is 8. The fraction of sp³-hybridized carbons (Fsp3) is 0.250. The molecule has 8 heterocycles. The molecule has 0 radical (unpaired) electrons. The zero-order chi connectivity index (χ0) is 57.4. The first-order valence-electron chi connectivity index (χ1n) is 27.4. The standard InChI is InChI=1S/2C17H19N2S.2C15H15N2S/c2*1-11(2)17-18-14-9-15(19(4)10-16(14)20-17)13-8-6-5-7-12(13)3;2*1-10-6-4-5-7-12(10)14-8-13-15(9-17(14)3)18-11(2)16-13/h2*5-11H,1-4H3;2*4-9H,1-3H3/q4*+1/i1D3,11D;;;. The molecular formula is C64H68N8S4+4. The molecule has 0 saturated heterocycles. The summed E-state index contributed by atoms with van der Waals surface area (Å²) in [6.45, 7) is 16.0. The molecule has 8 aromatic heterocycles. The summed E-state index contributed by atoms with van der Waals surface area (Å²) in [6, 6.07) is 42.1.